The molecular weight excluding hydrogens is 463 g/mol. The van der Waals surface area contributed by atoms with Crippen molar-refractivity contribution in [2.75, 3.05) is 0 Å². The number of halogens is 3. The van der Waals surface area contributed by atoms with Gasteiger partial charge in [-0.15, -0.1) is 0 Å². The molecule has 2 rings (SSSR count). The lowest BCUT2D eigenvalue weighted by Crippen LogP contribution is -2.37. The Morgan fingerprint density at radius 2 is 1.69 bits per heavy atom. The molecule has 0 heterocycles. The molecule has 0 saturated heterocycles. The number of primary sulfonamides is 1. The van der Waals surface area contributed by atoms with Crippen LogP contribution in [0.3, 0.4) is 0 Å². The molecule has 3 N–H and O–H groups in total. The van der Waals surface area contributed by atoms with Crippen molar-refractivity contribution in [3.63, 3.8) is 0 Å². The highest BCUT2D eigenvalue weighted by Crippen LogP contribution is 2.26. The van der Waals surface area contributed by atoms with Crippen LogP contribution in [0, 0.1) is 0 Å². The minimum atomic E-state index is -4.13. The van der Waals surface area contributed by atoms with E-state index >= 15 is 0 Å². The smallest absolute Gasteiger partial charge is 0.338 e. The molecule has 0 radical (unpaired) electrons. The quantitative estimate of drug-likeness (QED) is 0.613. The first-order chi connectivity index (χ1) is 13.4. The lowest BCUT2D eigenvalue weighted by atomic mass is 10.1. The fourth-order valence-corrected chi connectivity index (χ4v) is 4.04. The summed E-state index contributed by atoms with van der Waals surface area (Å²) in [4.78, 5) is 24.2. The zero-order valence-corrected chi connectivity index (χ0v) is 18.4. The molecule has 2 aromatic rings. The second kappa shape index (κ2) is 9.32. The van der Waals surface area contributed by atoms with Gasteiger partial charge in [0.25, 0.3) is 5.91 Å². The zero-order chi connectivity index (χ0) is 21.9. The third-order valence-electron chi connectivity index (χ3n) is 3.91. The molecule has 11 heteroatoms. The van der Waals surface area contributed by atoms with Crippen LogP contribution in [0.5, 0.6) is 0 Å². The van der Waals surface area contributed by atoms with Crippen LogP contribution in [-0.4, -0.2) is 26.4 Å². The maximum absolute atomic E-state index is 12.4. The summed E-state index contributed by atoms with van der Waals surface area (Å²) in [6.07, 6.45) is -1.16. The second-order valence-corrected chi connectivity index (χ2v) is 8.91. The number of nitrogens with two attached hydrogens (primary N) is 1. The van der Waals surface area contributed by atoms with Crippen LogP contribution in [0.4, 0.5) is 0 Å². The number of carbonyl (C=O) groups is 2. The molecule has 7 nitrogen and oxygen atoms in total. The normalized spacial score (nSPS) is 13.4. The van der Waals surface area contributed by atoms with Crippen molar-refractivity contribution in [2.24, 2.45) is 5.14 Å². The number of rotatable bonds is 6. The molecule has 0 aliphatic rings. The Kier molecular flexibility index (Phi) is 7.53. The monoisotopic (exact) mass is 478 g/mol. The van der Waals surface area contributed by atoms with Gasteiger partial charge in [-0.2, -0.15) is 0 Å². The van der Waals surface area contributed by atoms with Gasteiger partial charge in [-0.1, -0.05) is 40.9 Å². The minimum Gasteiger partial charge on any atom is -0.449 e. The highest BCUT2D eigenvalue weighted by molar-refractivity contribution is 7.89. The molecule has 2 aromatic carbocycles. The summed E-state index contributed by atoms with van der Waals surface area (Å²) in [5.74, 6) is -1.48. The topological polar surface area (TPSA) is 116 Å². The summed E-state index contributed by atoms with van der Waals surface area (Å²) in [5, 5.41) is 8.44. The number of ether oxygens (including phenoxy) is 1. The number of hydrogen-bond donors (Lipinski definition) is 2. The molecule has 29 heavy (non-hydrogen) atoms. The van der Waals surface area contributed by atoms with Crippen LogP contribution in [0.1, 0.15) is 35.8 Å². The van der Waals surface area contributed by atoms with E-state index < -0.39 is 38.9 Å². The highest BCUT2D eigenvalue weighted by Gasteiger charge is 2.23. The van der Waals surface area contributed by atoms with E-state index in [1.54, 1.807) is 25.1 Å². The van der Waals surface area contributed by atoms with Crippen LogP contribution in [0.15, 0.2) is 41.3 Å². The van der Waals surface area contributed by atoms with Gasteiger partial charge in [0.1, 0.15) is 4.90 Å². The van der Waals surface area contributed by atoms with Gasteiger partial charge in [-0.05, 0) is 49.7 Å². The van der Waals surface area contributed by atoms with E-state index in [0.717, 1.165) is 6.07 Å². The van der Waals surface area contributed by atoms with Gasteiger partial charge in [-0.25, -0.2) is 18.4 Å². The van der Waals surface area contributed by atoms with Gasteiger partial charge in [0.2, 0.25) is 10.0 Å². The first kappa shape index (κ1) is 23.4. The maximum Gasteiger partial charge on any atom is 0.338 e. The lowest BCUT2D eigenvalue weighted by Gasteiger charge is -2.19. The van der Waals surface area contributed by atoms with Gasteiger partial charge < -0.3 is 10.1 Å². The molecule has 0 aliphatic carbocycles. The van der Waals surface area contributed by atoms with Crippen LogP contribution in [-0.2, 0) is 19.6 Å². The van der Waals surface area contributed by atoms with Crippen molar-refractivity contribution in [1.29, 1.82) is 0 Å². The molecule has 0 spiro atoms. The fraction of sp³-hybridized carbons (Fsp3) is 0.222. The molecule has 0 unspecified atom stereocenters. The van der Waals surface area contributed by atoms with Crippen LogP contribution < -0.4 is 10.5 Å². The average Bonchev–Trinajstić information content (AvgIpc) is 2.60. The standard InChI is InChI=1S/C18H17Cl3N2O5S/c1-9(13-5-4-12(19)8-15(13)21)23-17(24)10(2)28-18(25)11-3-6-14(20)16(7-11)29(22,26)27/h3-10H,1-2H3,(H,23,24)(H2,22,26,27)/t9-,10-/m1/s1. The van der Waals surface area contributed by atoms with E-state index in [1.165, 1.54) is 19.1 Å². The minimum absolute atomic E-state index is 0.119. The van der Waals surface area contributed by atoms with Crippen molar-refractivity contribution in [3.8, 4) is 0 Å². The van der Waals surface area contributed by atoms with E-state index in [1.807, 2.05) is 0 Å². The van der Waals surface area contributed by atoms with Crippen LogP contribution >= 0.6 is 34.8 Å². The Morgan fingerprint density at radius 3 is 2.28 bits per heavy atom. The Labute approximate surface area is 183 Å². The van der Waals surface area contributed by atoms with E-state index in [4.69, 9.17) is 44.7 Å². The van der Waals surface area contributed by atoms with Crippen molar-refractivity contribution >= 4 is 56.7 Å². The van der Waals surface area contributed by atoms with Crippen molar-refractivity contribution in [3.05, 3.63) is 62.6 Å². The van der Waals surface area contributed by atoms with Crippen molar-refractivity contribution < 1.29 is 22.7 Å². The number of amides is 1. The molecule has 0 bridgehead atoms. The zero-order valence-electron chi connectivity index (χ0n) is 15.3. The molecule has 2 atom stereocenters. The largest absolute Gasteiger partial charge is 0.449 e. The molecule has 0 aliphatic heterocycles. The first-order valence-corrected chi connectivity index (χ1v) is 10.9. The second-order valence-electron chi connectivity index (χ2n) is 6.13. The van der Waals surface area contributed by atoms with Crippen molar-refractivity contribution in [2.45, 2.75) is 30.9 Å². The SMILES string of the molecule is C[C@@H](OC(=O)c1ccc(Cl)c(S(N)(=O)=O)c1)C(=O)N[C@H](C)c1ccc(Cl)cc1Cl. The Morgan fingerprint density at radius 1 is 1.03 bits per heavy atom. The van der Waals surface area contributed by atoms with E-state index in [-0.39, 0.29) is 10.6 Å². The van der Waals surface area contributed by atoms with E-state index in [0.29, 0.717) is 15.6 Å². The number of benzene rings is 2. The van der Waals surface area contributed by atoms with Gasteiger partial charge in [0.15, 0.2) is 6.10 Å². The molecular formula is C18H17Cl3N2O5S. The highest BCUT2D eigenvalue weighted by atomic mass is 35.5. The van der Waals surface area contributed by atoms with E-state index in [2.05, 4.69) is 5.32 Å². The summed E-state index contributed by atoms with van der Waals surface area (Å²) in [5.41, 5.74) is 0.519. The summed E-state index contributed by atoms with van der Waals surface area (Å²) in [6.45, 7) is 3.08. The van der Waals surface area contributed by atoms with Crippen molar-refractivity contribution in [1.82, 2.24) is 5.32 Å². The Balaban J connectivity index is 2.08. The third kappa shape index (κ3) is 6.07. The molecule has 0 fully saturated rings. The first-order valence-electron chi connectivity index (χ1n) is 8.18. The van der Waals surface area contributed by atoms with E-state index in [9.17, 15) is 18.0 Å². The maximum atomic E-state index is 12.4. The third-order valence-corrected chi connectivity index (χ3v) is 5.87. The summed E-state index contributed by atoms with van der Waals surface area (Å²) in [7, 11) is -4.13. The number of esters is 1. The molecule has 156 valence electrons. The number of carbonyl (C=O) groups excluding carboxylic acids is 2. The van der Waals surface area contributed by atoms with Crippen LogP contribution in [0.2, 0.25) is 15.1 Å². The lowest BCUT2D eigenvalue weighted by molar-refractivity contribution is -0.129. The number of nitrogens with one attached hydrogen (secondary N) is 1. The number of sulfonamides is 1. The van der Waals surface area contributed by atoms with Gasteiger partial charge in [0.05, 0.1) is 16.6 Å². The summed E-state index contributed by atoms with van der Waals surface area (Å²) in [6, 6.07) is 7.84. The van der Waals surface area contributed by atoms with Crippen LogP contribution in [0.25, 0.3) is 0 Å². The summed E-state index contributed by atoms with van der Waals surface area (Å²) < 4.78 is 28.2. The summed E-state index contributed by atoms with van der Waals surface area (Å²) >= 11 is 17.8. The predicted molar refractivity (Wildman–Crippen MR) is 111 cm³/mol. The molecule has 0 saturated carbocycles. The number of hydrogen-bond acceptors (Lipinski definition) is 5. The Hall–Kier alpha value is -1.84. The van der Waals surface area contributed by atoms with Gasteiger partial charge in [0, 0.05) is 10.0 Å². The fourth-order valence-electron chi connectivity index (χ4n) is 2.39. The average molecular weight is 480 g/mol. The van der Waals surface area contributed by atoms with Gasteiger partial charge in [-0.3, -0.25) is 4.79 Å². The molecule has 1 amide bonds. The Bertz CT molecular complexity index is 1060. The van der Waals surface area contributed by atoms with Gasteiger partial charge >= 0.3 is 5.97 Å². The molecule has 0 aromatic heterocycles. The predicted octanol–water partition coefficient (Wildman–Crippen LogP) is 3.72.